The summed E-state index contributed by atoms with van der Waals surface area (Å²) in [5.41, 5.74) is 0.718. The molecule has 1 aliphatic carbocycles. The Morgan fingerprint density at radius 2 is 1.64 bits per heavy atom. The minimum atomic E-state index is -4.50. The summed E-state index contributed by atoms with van der Waals surface area (Å²) in [5, 5.41) is 3.04. The van der Waals surface area contributed by atoms with Gasteiger partial charge >= 0.3 is 6.18 Å². The van der Waals surface area contributed by atoms with Crippen LogP contribution in [0.25, 0.3) is 16.9 Å². The van der Waals surface area contributed by atoms with Crippen LogP contribution in [0.4, 0.5) is 19.1 Å². The first-order valence-corrected chi connectivity index (χ1v) is 13.7. The number of alkyl halides is 3. The van der Waals surface area contributed by atoms with Crippen LogP contribution in [-0.2, 0) is 21.0 Å². The van der Waals surface area contributed by atoms with E-state index in [-0.39, 0.29) is 16.9 Å². The number of nitrogens with zero attached hydrogens (tertiary/aromatic N) is 3. The van der Waals surface area contributed by atoms with E-state index in [1.54, 1.807) is 30.5 Å². The third-order valence-electron chi connectivity index (χ3n) is 6.17. The van der Waals surface area contributed by atoms with Crippen LogP contribution in [0, 0.1) is 0 Å². The van der Waals surface area contributed by atoms with Gasteiger partial charge in [-0.25, -0.2) is 13.4 Å². The summed E-state index contributed by atoms with van der Waals surface area (Å²) in [5.74, 6) is -0.601. The zero-order valence-electron chi connectivity index (χ0n) is 20.3. The van der Waals surface area contributed by atoms with Crippen molar-refractivity contribution in [3.63, 3.8) is 0 Å². The summed E-state index contributed by atoms with van der Waals surface area (Å²) < 4.78 is 68.5. The van der Waals surface area contributed by atoms with Gasteiger partial charge < -0.3 is 0 Å². The lowest BCUT2D eigenvalue weighted by Gasteiger charge is -2.21. The molecule has 1 N–H and O–H groups in total. The molecule has 1 heterocycles. The molecular formula is C27H22ClF3N4O3S. The molecular weight excluding hydrogens is 553 g/mol. The predicted octanol–water partition coefficient (Wildman–Crippen LogP) is 6.00. The fraction of sp³-hybridized carbons (Fsp3) is 0.185. The second kappa shape index (κ2) is 10.5. The van der Waals surface area contributed by atoms with E-state index in [0.29, 0.717) is 29.2 Å². The number of carbonyl (C=O) groups excluding carboxylic acids is 1. The van der Waals surface area contributed by atoms with Gasteiger partial charge in [0.25, 0.3) is 0 Å². The first kappa shape index (κ1) is 26.9. The minimum absolute atomic E-state index is 0.0178. The third-order valence-corrected chi connectivity index (χ3v) is 8.34. The maximum atomic E-state index is 13.3. The smallest absolute Gasteiger partial charge is 0.294 e. The maximum Gasteiger partial charge on any atom is 0.416 e. The van der Waals surface area contributed by atoms with Gasteiger partial charge in [-0.1, -0.05) is 41.9 Å². The second-order valence-electron chi connectivity index (χ2n) is 9.01. The summed E-state index contributed by atoms with van der Waals surface area (Å²) in [6.07, 6.45) is -1.66. The van der Waals surface area contributed by atoms with Crippen molar-refractivity contribution in [3.05, 3.63) is 95.6 Å². The molecule has 39 heavy (non-hydrogen) atoms. The number of halogens is 4. The van der Waals surface area contributed by atoms with Crippen molar-refractivity contribution in [1.82, 2.24) is 13.9 Å². The van der Waals surface area contributed by atoms with Gasteiger partial charge in [-0.3, -0.25) is 14.7 Å². The number of hydrogen-bond acceptors (Lipinski definition) is 4. The molecule has 3 aromatic carbocycles. The SMILES string of the molecule is O=C(CN(C1CC1)S(=O)(=O)c1ccc(Cl)cc1)Nc1nc(-c2ccccc2)cn1-c1ccc(C(F)(F)F)cc1. The number of sulfonamides is 1. The number of benzene rings is 3. The first-order valence-electron chi connectivity index (χ1n) is 11.9. The lowest BCUT2D eigenvalue weighted by Crippen LogP contribution is -2.39. The largest absolute Gasteiger partial charge is 0.416 e. The van der Waals surface area contributed by atoms with Crippen LogP contribution in [0.5, 0.6) is 0 Å². The Labute approximate surface area is 227 Å². The number of carbonyl (C=O) groups is 1. The Kier molecular flexibility index (Phi) is 7.23. The van der Waals surface area contributed by atoms with Gasteiger partial charge in [0, 0.05) is 28.5 Å². The van der Waals surface area contributed by atoms with Gasteiger partial charge in [0.05, 0.1) is 22.7 Å². The van der Waals surface area contributed by atoms with E-state index in [1.165, 1.54) is 41.0 Å². The molecule has 1 fully saturated rings. The average Bonchev–Trinajstić information content (AvgIpc) is 3.66. The highest BCUT2D eigenvalue weighted by Gasteiger charge is 2.39. The molecule has 7 nitrogen and oxygen atoms in total. The predicted molar refractivity (Wildman–Crippen MR) is 141 cm³/mol. The molecule has 1 aliphatic rings. The molecule has 0 radical (unpaired) electrons. The molecule has 0 saturated heterocycles. The Bertz CT molecular complexity index is 1590. The van der Waals surface area contributed by atoms with Gasteiger partial charge in [0.15, 0.2) is 0 Å². The second-order valence-corrected chi connectivity index (χ2v) is 11.3. The lowest BCUT2D eigenvalue weighted by atomic mass is 10.2. The van der Waals surface area contributed by atoms with Crippen molar-refractivity contribution in [2.24, 2.45) is 0 Å². The number of anilines is 1. The van der Waals surface area contributed by atoms with Crippen molar-refractivity contribution in [2.45, 2.75) is 30.0 Å². The molecule has 202 valence electrons. The molecule has 1 aromatic heterocycles. The molecule has 4 aromatic rings. The number of aromatic nitrogens is 2. The molecule has 0 bridgehead atoms. The van der Waals surface area contributed by atoms with E-state index >= 15 is 0 Å². The van der Waals surface area contributed by atoms with Crippen LogP contribution in [0.3, 0.4) is 0 Å². The lowest BCUT2D eigenvalue weighted by molar-refractivity contribution is -0.137. The summed E-state index contributed by atoms with van der Waals surface area (Å²) in [6.45, 7) is -0.462. The Morgan fingerprint density at radius 1 is 1.00 bits per heavy atom. The highest BCUT2D eigenvalue weighted by Crippen LogP contribution is 2.33. The van der Waals surface area contributed by atoms with E-state index in [4.69, 9.17) is 11.6 Å². The van der Waals surface area contributed by atoms with Crippen molar-refractivity contribution in [2.75, 3.05) is 11.9 Å². The van der Waals surface area contributed by atoms with Crippen molar-refractivity contribution < 1.29 is 26.4 Å². The molecule has 0 spiro atoms. The van der Waals surface area contributed by atoms with E-state index in [9.17, 15) is 26.4 Å². The van der Waals surface area contributed by atoms with Crippen LogP contribution in [-0.4, -0.2) is 40.8 Å². The molecule has 1 amide bonds. The molecule has 1 saturated carbocycles. The average molecular weight is 575 g/mol. The number of imidazole rings is 1. The normalized spacial score (nSPS) is 14.0. The zero-order chi connectivity index (χ0) is 27.8. The van der Waals surface area contributed by atoms with Gasteiger partial charge in [-0.2, -0.15) is 17.5 Å². The molecule has 0 unspecified atom stereocenters. The van der Waals surface area contributed by atoms with Crippen LogP contribution in [0.1, 0.15) is 18.4 Å². The highest BCUT2D eigenvalue weighted by atomic mass is 35.5. The zero-order valence-corrected chi connectivity index (χ0v) is 21.8. The molecule has 5 rings (SSSR count). The van der Waals surface area contributed by atoms with E-state index < -0.39 is 34.2 Å². The van der Waals surface area contributed by atoms with E-state index in [0.717, 1.165) is 22.0 Å². The summed E-state index contributed by atoms with van der Waals surface area (Å²) in [6, 6.07) is 18.9. The van der Waals surface area contributed by atoms with Crippen molar-refractivity contribution in [3.8, 4) is 16.9 Å². The number of amides is 1. The Morgan fingerprint density at radius 3 is 2.23 bits per heavy atom. The number of hydrogen-bond donors (Lipinski definition) is 1. The standard InChI is InChI=1S/C27H22ClF3N4O3S/c28-20-8-14-23(15-9-20)39(37,38)35(22-12-13-22)17-25(36)33-26-32-24(18-4-2-1-3-5-18)16-34(26)21-10-6-19(7-11-21)27(29,30)31/h1-11,14-16,22H,12-13,17H2,(H,32,33,36). The van der Waals surface area contributed by atoms with Crippen LogP contribution in [0.2, 0.25) is 5.02 Å². The molecule has 0 aliphatic heterocycles. The topological polar surface area (TPSA) is 84.3 Å². The van der Waals surface area contributed by atoms with E-state index in [2.05, 4.69) is 10.3 Å². The van der Waals surface area contributed by atoms with Gasteiger partial charge in [-0.15, -0.1) is 0 Å². The monoisotopic (exact) mass is 574 g/mol. The van der Waals surface area contributed by atoms with Gasteiger partial charge in [0.2, 0.25) is 21.9 Å². The Hall–Kier alpha value is -3.67. The van der Waals surface area contributed by atoms with Crippen molar-refractivity contribution in [1.29, 1.82) is 0 Å². The van der Waals surface area contributed by atoms with Crippen LogP contribution < -0.4 is 5.32 Å². The quantitative estimate of drug-likeness (QED) is 0.280. The summed E-state index contributed by atoms with van der Waals surface area (Å²) in [4.78, 5) is 17.7. The maximum absolute atomic E-state index is 13.3. The summed E-state index contributed by atoms with van der Waals surface area (Å²) >= 11 is 5.90. The molecule has 12 heteroatoms. The third kappa shape index (κ3) is 6.00. The Balaban J connectivity index is 1.44. The van der Waals surface area contributed by atoms with Crippen LogP contribution >= 0.6 is 11.6 Å². The van der Waals surface area contributed by atoms with Gasteiger partial charge in [0.1, 0.15) is 0 Å². The minimum Gasteiger partial charge on any atom is -0.294 e. The fourth-order valence-electron chi connectivity index (χ4n) is 4.04. The number of rotatable bonds is 8. The van der Waals surface area contributed by atoms with Crippen molar-refractivity contribution >= 4 is 33.5 Å². The summed E-state index contributed by atoms with van der Waals surface area (Å²) in [7, 11) is -3.98. The highest BCUT2D eigenvalue weighted by molar-refractivity contribution is 7.89. The first-order chi connectivity index (χ1) is 18.5. The van der Waals surface area contributed by atoms with Crippen LogP contribution in [0.15, 0.2) is 90.0 Å². The van der Waals surface area contributed by atoms with Gasteiger partial charge in [-0.05, 0) is 61.4 Å². The number of nitrogens with one attached hydrogen (secondary N) is 1. The fourth-order valence-corrected chi connectivity index (χ4v) is 5.81. The molecule has 0 atom stereocenters. The van der Waals surface area contributed by atoms with E-state index in [1.807, 2.05) is 6.07 Å².